The summed E-state index contributed by atoms with van der Waals surface area (Å²) in [4.78, 5) is 12.0. The number of benzene rings is 3. The highest BCUT2D eigenvalue weighted by Gasteiger charge is 2.49. The summed E-state index contributed by atoms with van der Waals surface area (Å²) in [5, 5.41) is 9.75. The quantitative estimate of drug-likeness (QED) is 0.418. The van der Waals surface area contributed by atoms with Crippen LogP contribution in [0.2, 0.25) is 0 Å². The lowest BCUT2D eigenvalue weighted by molar-refractivity contribution is -0.184. The number of sulfonamides is 1. The van der Waals surface area contributed by atoms with Crippen molar-refractivity contribution >= 4 is 21.7 Å². The zero-order valence-corrected chi connectivity index (χ0v) is 21.5. The van der Waals surface area contributed by atoms with E-state index in [2.05, 4.69) is 4.74 Å². The number of ether oxygens (including phenoxy) is 3. The third-order valence-corrected chi connectivity index (χ3v) is 8.50. The Labute approximate surface area is 222 Å². The van der Waals surface area contributed by atoms with E-state index in [1.165, 1.54) is 36.4 Å². The van der Waals surface area contributed by atoms with Crippen molar-refractivity contribution in [1.29, 1.82) is 0 Å². The number of nitrogens with zero attached hydrogens (tertiary/aromatic N) is 1. The number of alkyl halides is 2. The van der Waals surface area contributed by atoms with Crippen molar-refractivity contribution in [2.24, 2.45) is 5.41 Å². The molecule has 0 amide bonds. The van der Waals surface area contributed by atoms with Crippen molar-refractivity contribution in [3.8, 4) is 22.6 Å². The summed E-state index contributed by atoms with van der Waals surface area (Å²) in [6, 6.07) is 14.0. The van der Waals surface area contributed by atoms with Crippen LogP contribution in [0.1, 0.15) is 12.0 Å². The van der Waals surface area contributed by atoms with Crippen LogP contribution in [-0.4, -0.2) is 52.0 Å². The second-order valence-corrected chi connectivity index (χ2v) is 11.5. The van der Waals surface area contributed by atoms with Gasteiger partial charge in [0.15, 0.2) is 0 Å². The van der Waals surface area contributed by atoms with E-state index in [1.54, 1.807) is 19.1 Å². The fourth-order valence-corrected chi connectivity index (χ4v) is 6.35. The number of halogens is 3. The van der Waals surface area contributed by atoms with Crippen LogP contribution in [-0.2, 0) is 19.6 Å². The Bertz CT molecular complexity index is 1530. The Balaban J connectivity index is 1.58. The summed E-state index contributed by atoms with van der Waals surface area (Å²) in [6.07, 6.45) is -0.787. The number of aliphatic carboxylic acids is 1. The second-order valence-electron chi connectivity index (χ2n) is 9.61. The molecule has 12 heteroatoms. The first-order valence-electron chi connectivity index (χ1n) is 11.9. The van der Waals surface area contributed by atoms with Gasteiger partial charge in [0.25, 0.3) is 10.0 Å². The normalized spacial score (nSPS) is 18.2. The van der Waals surface area contributed by atoms with Gasteiger partial charge in [0.1, 0.15) is 28.8 Å². The molecule has 1 saturated heterocycles. The SMILES string of the molecule is Cc1cccc(S(=O)(=O)N2C[C@H](CC3(C(=O)O)COC3)Oc3ccc(-c4cc(F)cc(OC(F)F)c4)cc32)c1. The molecule has 2 aliphatic heterocycles. The van der Waals surface area contributed by atoms with Crippen LogP contribution in [0.25, 0.3) is 11.1 Å². The predicted molar refractivity (Wildman–Crippen MR) is 134 cm³/mol. The lowest BCUT2D eigenvalue weighted by Crippen LogP contribution is -2.54. The predicted octanol–water partition coefficient (Wildman–Crippen LogP) is 4.85. The Morgan fingerprint density at radius 2 is 1.90 bits per heavy atom. The molecule has 3 aromatic rings. The molecule has 39 heavy (non-hydrogen) atoms. The molecule has 8 nitrogen and oxygen atoms in total. The lowest BCUT2D eigenvalue weighted by atomic mass is 9.80. The summed E-state index contributed by atoms with van der Waals surface area (Å²) in [5.74, 6) is -2.09. The van der Waals surface area contributed by atoms with Crippen molar-refractivity contribution in [3.63, 3.8) is 0 Å². The Hall–Kier alpha value is -3.77. The van der Waals surface area contributed by atoms with Gasteiger partial charge in [0.2, 0.25) is 0 Å². The first-order valence-corrected chi connectivity index (χ1v) is 13.4. The summed E-state index contributed by atoms with van der Waals surface area (Å²) in [5.41, 5.74) is 0.176. The van der Waals surface area contributed by atoms with Gasteiger partial charge in [-0.25, -0.2) is 12.8 Å². The molecule has 1 N–H and O–H groups in total. The number of anilines is 1. The maximum absolute atomic E-state index is 14.2. The molecule has 0 radical (unpaired) electrons. The van der Waals surface area contributed by atoms with Gasteiger partial charge in [-0.1, -0.05) is 18.2 Å². The molecule has 5 rings (SSSR count). The minimum absolute atomic E-state index is 0.0127. The summed E-state index contributed by atoms with van der Waals surface area (Å²) < 4.78 is 84.1. The number of carbonyl (C=O) groups is 1. The molecule has 0 unspecified atom stereocenters. The van der Waals surface area contributed by atoms with Gasteiger partial charge in [-0.2, -0.15) is 8.78 Å². The molecule has 2 aliphatic rings. The molecular formula is C27H24F3NO7S. The van der Waals surface area contributed by atoms with Crippen molar-refractivity contribution < 1.29 is 45.7 Å². The van der Waals surface area contributed by atoms with Crippen LogP contribution < -0.4 is 13.8 Å². The molecule has 2 heterocycles. The third-order valence-electron chi connectivity index (χ3n) is 6.73. The number of rotatable bonds is 8. The van der Waals surface area contributed by atoms with E-state index in [9.17, 15) is 31.5 Å². The smallest absolute Gasteiger partial charge is 0.387 e. The molecule has 3 aromatic carbocycles. The first kappa shape index (κ1) is 26.8. The average Bonchev–Trinajstić information content (AvgIpc) is 2.84. The number of carboxylic acids is 1. The fraction of sp³-hybridized carbons (Fsp3) is 0.296. The highest BCUT2D eigenvalue weighted by Crippen LogP contribution is 2.43. The van der Waals surface area contributed by atoms with E-state index in [0.29, 0.717) is 5.56 Å². The molecular weight excluding hydrogens is 539 g/mol. The minimum atomic E-state index is -4.15. The first-order chi connectivity index (χ1) is 18.5. The summed E-state index contributed by atoms with van der Waals surface area (Å²) in [7, 11) is -4.15. The Morgan fingerprint density at radius 3 is 2.54 bits per heavy atom. The largest absolute Gasteiger partial charge is 0.486 e. The van der Waals surface area contributed by atoms with E-state index in [1.807, 2.05) is 0 Å². The van der Waals surface area contributed by atoms with Crippen LogP contribution in [0.4, 0.5) is 18.9 Å². The van der Waals surface area contributed by atoms with Gasteiger partial charge in [-0.15, -0.1) is 0 Å². The number of fused-ring (bicyclic) bond motifs is 1. The highest BCUT2D eigenvalue weighted by molar-refractivity contribution is 7.92. The molecule has 206 valence electrons. The van der Waals surface area contributed by atoms with Gasteiger partial charge in [0, 0.05) is 12.5 Å². The van der Waals surface area contributed by atoms with E-state index < -0.39 is 39.9 Å². The van der Waals surface area contributed by atoms with Crippen LogP contribution in [0.15, 0.2) is 65.6 Å². The zero-order valence-electron chi connectivity index (χ0n) is 20.6. The second kappa shape index (κ2) is 10.1. The molecule has 0 aromatic heterocycles. The molecule has 0 spiro atoms. The highest BCUT2D eigenvalue weighted by atomic mass is 32.2. The fourth-order valence-electron chi connectivity index (χ4n) is 4.74. The third kappa shape index (κ3) is 5.26. The maximum atomic E-state index is 14.2. The number of aryl methyl sites for hydroxylation is 1. The average molecular weight is 564 g/mol. The monoisotopic (exact) mass is 563 g/mol. The number of hydrogen-bond donors (Lipinski definition) is 1. The van der Waals surface area contributed by atoms with Crippen LogP contribution >= 0.6 is 0 Å². The zero-order chi connectivity index (χ0) is 27.9. The van der Waals surface area contributed by atoms with Gasteiger partial charge in [-0.05, 0) is 60.0 Å². The van der Waals surface area contributed by atoms with Crippen LogP contribution in [0.3, 0.4) is 0 Å². The minimum Gasteiger partial charge on any atom is -0.486 e. The van der Waals surface area contributed by atoms with Gasteiger partial charge < -0.3 is 19.3 Å². The summed E-state index contributed by atoms with van der Waals surface area (Å²) in [6.45, 7) is -1.62. The van der Waals surface area contributed by atoms with E-state index in [4.69, 9.17) is 9.47 Å². The topological polar surface area (TPSA) is 102 Å². The van der Waals surface area contributed by atoms with Gasteiger partial charge in [0.05, 0.1) is 30.3 Å². The van der Waals surface area contributed by atoms with Crippen LogP contribution in [0.5, 0.6) is 11.5 Å². The summed E-state index contributed by atoms with van der Waals surface area (Å²) >= 11 is 0. The van der Waals surface area contributed by atoms with E-state index in [0.717, 1.165) is 22.0 Å². The lowest BCUT2D eigenvalue weighted by Gasteiger charge is -2.42. The van der Waals surface area contributed by atoms with Crippen molar-refractivity contribution in [2.75, 3.05) is 24.1 Å². The molecule has 0 bridgehead atoms. The molecule has 1 fully saturated rings. The standard InChI is InChI=1S/C27H24F3NO7S/c1-16-3-2-4-22(7-16)39(34,35)31-13-21(12-27(25(32)33)14-36-15-27)37-24-6-5-17(10-23(24)31)18-8-19(28)11-20(9-18)38-26(29)30/h2-11,21,26H,12-15H2,1H3,(H,32,33)/t21-/m0/s1. The number of hydrogen-bond acceptors (Lipinski definition) is 6. The van der Waals surface area contributed by atoms with Crippen molar-refractivity contribution in [1.82, 2.24) is 0 Å². The van der Waals surface area contributed by atoms with Gasteiger partial charge in [-0.3, -0.25) is 9.10 Å². The van der Waals surface area contributed by atoms with Crippen molar-refractivity contribution in [3.05, 3.63) is 72.0 Å². The van der Waals surface area contributed by atoms with Crippen molar-refractivity contribution in [2.45, 2.75) is 31.0 Å². The molecule has 0 aliphatic carbocycles. The Kier molecular flexibility index (Phi) is 6.93. The van der Waals surface area contributed by atoms with E-state index in [-0.39, 0.29) is 53.8 Å². The number of carboxylic acid groups (broad SMARTS) is 1. The maximum Gasteiger partial charge on any atom is 0.387 e. The molecule has 0 saturated carbocycles. The van der Waals surface area contributed by atoms with Crippen LogP contribution in [0, 0.1) is 18.2 Å². The molecule has 1 atom stereocenters. The van der Waals surface area contributed by atoms with Gasteiger partial charge >= 0.3 is 12.6 Å². The Morgan fingerprint density at radius 1 is 1.13 bits per heavy atom. The van der Waals surface area contributed by atoms with E-state index >= 15 is 0 Å².